The quantitative estimate of drug-likeness (QED) is 0.805. The van der Waals surface area contributed by atoms with E-state index in [-0.39, 0.29) is 24.2 Å². The molecule has 1 fully saturated rings. The lowest BCUT2D eigenvalue weighted by Gasteiger charge is -2.37. The maximum absolute atomic E-state index is 12.9. The number of hydrogen-bond acceptors (Lipinski definition) is 4. The van der Waals surface area contributed by atoms with Crippen LogP contribution in [0.5, 0.6) is 0 Å². The van der Waals surface area contributed by atoms with E-state index in [9.17, 15) is 13.2 Å². The van der Waals surface area contributed by atoms with Crippen LogP contribution in [-0.4, -0.2) is 47.8 Å². The van der Waals surface area contributed by atoms with E-state index in [0.29, 0.717) is 5.56 Å². The molecule has 22 heavy (non-hydrogen) atoms. The van der Waals surface area contributed by atoms with Crippen molar-refractivity contribution in [2.75, 3.05) is 12.3 Å². The predicted molar refractivity (Wildman–Crippen MR) is 85.5 cm³/mol. The first-order valence-electron chi connectivity index (χ1n) is 7.28. The predicted octanol–water partition coefficient (Wildman–Crippen LogP) is 1.88. The van der Waals surface area contributed by atoms with Crippen LogP contribution < -0.4 is 0 Å². The number of rotatable bonds is 1. The van der Waals surface area contributed by atoms with E-state index in [4.69, 9.17) is 0 Å². The highest BCUT2D eigenvalue weighted by atomic mass is 32.2. The van der Waals surface area contributed by atoms with Crippen molar-refractivity contribution >= 4 is 26.6 Å². The fraction of sp³-hybridized carbons (Fsp3) is 0.375. The summed E-state index contributed by atoms with van der Waals surface area (Å²) in [4.78, 5) is 18.8. The zero-order valence-corrected chi connectivity index (χ0v) is 13.4. The van der Waals surface area contributed by atoms with Crippen molar-refractivity contribution in [3.8, 4) is 0 Å². The summed E-state index contributed by atoms with van der Waals surface area (Å²) in [6.45, 7) is 3.70. The highest BCUT2D eigenvalue weighted by Gasteiger charge is 2.38. The Hall–Kier alpha value is -1.95. The Morgan fingerprint density at radius 1 is 1.23 bits per heavy atom. The second-order valence-electron chi connectivity index (χ2n) is 5.69. The standard InChI is InChI=1S/C16H18N2O3S/c1-11-12(2)22(20,21)10-9-18(11)16(19)14-7-8-17-15-6-4-3-5-13(14)15/h3-8,11-12H,9-10H2,1-2H3/t11-,12+/m1/s1. The summed E-state index contributed by atoms with van der Waals surface area (Å²) >= 11 is 0. The first kappa shape index (κ1) is 15.0. The molecule has 0 saturated carbocycles. The third-order valence-corrected chi connectivity index (χ3v) is 6.77. The van der Waals surface area contributed by atoms with Gasteiger partial charge in [-0.1, -0.05) is 18.2 Å². The molecular formula is C16H18N2O3S. The molecule has 3 rings (SSSR count). The van der Waals surface area contributed by atoms with Crippen LogP contribution in [0, 0.1) is 0 Å². The van der Waals surface area contributed by atoms with Crippen molar-refractivity contribution in [1.82, 2.24) is 9.88 Å². The van der Waals surface area contributed by atoms with Crippen LogP contribution in [0.15, 0.2) is 36.5 Å². The summed E-state index contributed by atoms with van der Waals surface area (Å²) in [5.41, 5.74) is 1.34. The molecule has 2 aromatic rings. The number of carbonyl (C=O) groups is 1. The van der Waals surface area contributed by atoms with Crippen LogP contribution in [-0.2, 0) is 9.84 Å². The largest absolute Gasteiger partial charge is 0.334 e. The molecule has 2 atom stereocenters. The van der Waals surface area contributed by atoms with Gasteiger partial charge in [0.1, 0.15) is 0 Å². The van der Waals surface area contributed by atoms with Gasteiger partial charge in [-0.2, -0.15) is 0 Å². The molecule has 1 amide bonds. The molecule has 116 valence electrons. The monoisotopic (exact) mass is 318 g/mol. The molecule has 0 spiro atoms. The molecule has 0 N–H and O–H groups in total. The van der Waals surface area contributed by atoms with Gasteiger partial charge in [0.05, 0.1) is 22.1 Å². The van der Waals surface area contributed by atoms with Gasteiger partial charge in [-0.15, -0.1) is 0 Å². The molecule has 0 unspecified atom stereocenters. The molecular weight excluding hydrogens is 300 g/mol. The SMILES string of the molecule is C[C@@H]1[C@H](C)S(=O)(=O)CCN1C(=O)c1ccnc2ccccc12. The van der Waals surface area contributed by atoms with Gasteiger partial charge in [0.15, 0.2) is 9.84 Å². The minimum absolute atomic E-state index is 0.0211. The lowest BCUT2D eigenvalue weighted by Crippen LogP contribution is -2.54. The number of hydrogen-bond donors (Lipinski definition) is 0. The minimum Gasteiger partial charge on any atom is -0.334 e. The van der Waals surface area contributed by atoms with Crippen LogP contribution in [0.3, 0.4) is 0 Å². The molecule has 0 bridgehead atoms. The summed E-state index contributed by atoms with van der Waals surface area (Å²) in [5.74, 6) is -0.111. The first-order chi connectivity index (χ1) is 10.4. The average Bonchev–Trinajstić information content (AvgIpc) is 2.52. The van der Waals surface area contributed by atoms with Gasteiger partial charge in [-0.3, -0.25) is 9.78 Å². The van der Waals surface area contributed by atoms with E-state index in [1.807, 2.05) is 24.3 Å². The highest BCUT2D eigenvalue weighted by molar-refractivity contribution is 7.92. The number of para-hydroxylation sites is 1. The third kappa shape index (κ3) is 2.37. The van der Waals surface area contributed by atoms with Crippen molar-refractivity contribution in [2.24, 2.45) is 0 Å². The van der Waals surface area contributed by atoms with Gasteiger partial charge in [0.2, 0.25) is 0 Å². The Morgan fingerprint density at radius 2 is 1.95 bits per heavy atom. The van der Waals surface area contributed by atoms with Crippen LogP contribution in [0.2, 0.25) is 0 Å². The molecule has 1 saturated heterocycles. The fourth-order valence-electron chi connectivity index (χ4n) is 2.89. The molecule has 0 radical (unpaired) electrons. The molecule has 6 heteroatoms. The molecule has 5 nitrogen and oxygen atoms in total. The van der Waals surface area contributed by atoms with E-state index < -0.39 is 15.1 Å². The maximum atomic E-state index is 12.9. The van der Waals surface area contributed by atoms with Gasteiger partial charge < -0.3 is 4.90 Å². The maximum Gasteiger partial charge on any atom is 0.254 e. The average molecular weight is 318 g/mol. The first-order valence-corrected chi connectivity index (χ1v) is 8.99. The summed E-state index contributed by atoms with van der Waals surface area (Å²) in [7, 11) is -3.11. The van der Waals surface area contributed by atoms with E-state index in [2.05, 4.69) is 4.98 Å². The van der Waals surface area contributed by atoms with Crippen LogP contribution in [0.1, 0.15) is 24.2 Å². The molecule has 1 aromatic heterocycles. The number of pyridine rings is 1. The second-order valence-corrected chi connectivity index (χ2v) is 8.16. The normalized spacial score (nSPS) is 24.4. The summed E-state index contributed by atoms with van der Waals surface area (Å²) in [6.07, 6.45) is 1.62. The number of benzene rings is 1. The Kier molecular flexibility index (Phi) is 3.64. The fourth-order valence-corrected chi connectivity index (χ4v) is 4.46. The van der Waals surface area contributed by atoms with Crippen LogP contribution in [0.25, 0.3) is 10.9 Å². The molecule has 1 aliphatic rings. The van der Waals surface area contributed by atoms with Crippen molar-refractivity contribution in [1.29, 1.82) is 0 Å². The van der Waals surface area contributed by atoms with Crippen molar-refractivity contribution in [3.05, 3.63) is 42.1 Å². The second kappa shape index (κ2) is 5.35. The molecule has 2 heterocycles. The van der Waals surface area contributed by atoms with Gasteiger partial charge >= 0.3 is 0 Å². The van der Waals surface area contributed by atoms with Gasteiger partial charge in [0, 0.05) is 24.2 Å². The van der Waals surface area contributed by atoms with E-state index >= 15 is 0 Å². The lowest BCUT2D eigenvalue weighted by atomic mass is 10.1. The van der Waals surface area contributed by atoms with Gasteiger partial charge in [-0.25, -0.2) is 8.42 Å². The summed E-state index contributed by atoms with van der Waals surface area (Å²) in [5, 5.41) is 0.251. The van der Waals surface area contributed by atoms with Crippen molar-refractivity contribution in [3.63, 3.8) is 0 Å². The Labute approximate surface area is 129 Å². The van der Waals surface area contributed by atoms with Crippen molar-refractivity contribution < 1.29 is 13.2 Å². The minimum atomic E-state index is -3.11. The summed E-state index contributed by atoms with van der Waals surface area (Å²) in [6, 6.07) is 8.84. The van der Waals surface area contributed by atoms with Crippen LogP contribution in [0.4, 0.5) is 0 Å². The number of fused-ring (bicyclic) bond motifs is 1. The van der Waals surface area contributed by atoms with E-state index in [1.54, 1.807) is 31.0 Å². The number of carbonyl (C=O) groups excluding carboxylic acids is 1. The highest BCUT2D eigenvalue weighted by Crippen LogP contribution is 2.24. The number of nitrogens with zero attached hydrogens (tertiary/aromatic N) is 2. The van der Waals surface area contributed by atoms with Gasteiger partial charge in [0.25, 0.3) is 5.91 Å². The molecule has 1 aliphatic heterocycles. The van der Waals surface area contributed by atoms with E-state index in [1.165, 1.54) is 0 Å². The molecule has 1 aromatic carbocycles. The Bertz CT molecular complexity index is 827. The zero-order chi connectivity index (χ0) is 15.9. The molecule has 0 aliphatic carbocycles. The van der Waals surface area contributed by atoms with Crippen molar-refractivity contribution in [2.45, 2.75) is 25.1 Å². The third-order valence-electron chi connectivity index (χ3n) is 4.49. The number of aromatic nitrogens is 1. The van der Waals surface area contributed by atoms with Gasteiger partial charge in [-0.05, 0) is 26.0 Å². The number of sulfone groups is 1. The topological polar surface area (TPSA) is 67.3 Å². The Balaban J connectivity index is 2.00. The smallest absolute Gasteiger partial charge is 0.254 e. The Morgan fingerprint density at radius 3 is 2.73 bits per heavy atom. The summed E-state index contributed by atoms with van der Waals surface area (Å²) < 4.78 is 23.9. The van der Waals surface area contributed by atoms with Crippen LogP contribution >= 0.6 is 0 Å². The zero-order valence-electron chi connectivity index (χ0n) is 12.6. The number of amides is 1. The lowest BCUT2D eigenvalue weighted by molar-refractivity contribution is 0.0695. The van der Waals surface area contributed by atoms with E-state index in [0.717, 1.165) is 10.9 Å².